The molecule has 0 amide bonds. The first-order valence-electron chi connectivity index (χ1n) is 8.69. The molecule has 1 unspecified atom stereocenters. The Hall–Kier alpha value is -1.75. The summed E-state index contributed by atoms with van der Waals surface area (Å²) in [6.45, 7) is 11.9. The molecule has 2 rings (SSSR count). The van der Waals surface area contributed by atoms with Crippen LogP contribution in [0.15, 0.2) is 29.3 Å². The van der Waals surface area contributed by atoms with E-state index in [1.807, 2.05) is 12.1 Å². The fraction of sp³-hybridized carbons (Fsp3) is 0.632. The van der Waals surface area contributed by atoms with Crippen molar-refractivity contribution in [1.29, 1.82) is 0 Å². The first kappa shape index (κ1) is 18.6. The normalized spacial score (nSPS) is 18.0. The van der Waals surface area contributed by atoms with E-state index in [2.05, 4.69) is 55.5 Å². The Morgan fingerprint density at radius 3 is 2.42 bits per heavy atom. The molecule has 1 aromatic rings. The summed E-state index contributed by atoms with van der Waals surface area (Å²) in [6, 6.07) is 8.42. The highest BCUT2D eigenvalue weighted by Gasteiger charge is 2.33. The van der Waals surface area contributed by atoms with Gasteiger partial charge < -0.3 is 20.1 Å². The molecule has 1 aromatic carbocycles. The van der Waals surface area contributed by atoms with Crippen molar-refractivity contribution in [1.82, 2.24) is 10.6 Å². The Labute approximate surface area is 145 Å². The molecule has 0 radical (unpaired) electrons. The molecule has 5 nitrogen and oxygen atoms in total. The van der Waals surface area contributed by atoms with Crippen LogP contribution >= 0.6 is 0 Å². The smallest absolute Gasteiger partial charge is 0.191 e. The van der Waals surface area contributed by atoms with Gasteiger partial charge >= 0.3 is 0 Å². The number of hydrogen-bond donors (Lipinski definition) is 2. The molecule has 134 valence electrons. The molecule has 2 N–H and O–H groups in total. The summed E-state index contributed by atoms with van der Waals surface area (Å²) >= 11 is 0. The lowest BCUT2D eigenvalue weighted by Crippen LogP contribution is -2.51. The topological polar surface area (TPSA) is 54.9 Å². The van der Waals surface area contributed by atoms with Crippen molar-refractivity contribution in [2.45, 2.75) is 33.7 Å². The largest absolute Gasteiger partial charge is 0.493 e. The molecule has 5 heteroatoms. The van der Waals surface area contributed by atoms with Crippen molar-refractivity contribution >= 4 is 5.96 Å². The maximum atomic E-state index is 5.73. The Balaban J connectivity index is 1.84. The number of nitrogens with zero attached hydrogens (tertiary/aromatic N) is 1. The third-order valence-electron chi connectivity index (χ3n) is 4.12. The minimum absolute atomic E-state index is 0.167. The van der Waals surface area contributed by atoms with Gasteiger partial charge in [0.15, 0.2) is 5.96 Å². The Bertz CT molecular complexity index is 536. The molecule has 1 aliphatic rings. The lowest BCUT2D eigenvalue weighted by Gasteiger charge is -2.38. The molecule has 24 heavy (non-hydrogen) atoms. The van der Waals surface area contributed by atoms with E-state index < -0.39 is 0 Å². The number of ether oxygens (including phenoxy) is 2. The predicted octanol–water partition coefficient (Wildman–Crippen LogP) is 2.98. The number of guanidine groups is 1. The molecule has 0 aliphatic carbocycles. The Morgan fingerprint density at radius 1 is 1.25 bits per heavy atom. The van der Waals surface area contributed by atoms with E-state index in [1.165, 1.54) is 5.56 Å². The monoisotopic (exact) mass is 333 g/mol. The molecule has 0 aromatic heterocycles. The lowest BCUT2D eigenvalue weighted by atomic mass is 9.89. The zero-order valence-electron chi connectivity index (χ0n) is 15.6. The van der Waals surface area contributed by atoms with Crippen molar-refractivity contribution in [3.63, 3.8) is 0 Å². The second-order valence-corrected chi connectivity index (χ2v) is 7.37. The summed E-state index contributed by atoms with van der Waals surface area (Å²) in [4.78, 5) is 4.31. The van der Waals surface area contributed by atoms with Gasteiger partial charge in [-0.3, -0.25) is 4.99 Å². The standard InChI is InChI=1S/C19H31N3O2/c1-14(2)10-24-17-8-6-16(7-9-17)15(3)22-18(20-5)21-11-19(4)12-23-13-19/h6-9,14-15H,10-13H2,1-5H3,(H2,20,21,22). The quantitative estimate of drug-likeness (QED) is 0.595. The summed E-state index contributed by atoms with van der Waals surface area (Å²) < 4.78 is 11.0. The van der Waals surface area contributed by atoms with E-state index in [4.69, 9.17) is 9.47 Å². The van der Waals surface area contributed by atoms with Gasteiger partial charge in [0.05, 0.1) is 25.9 Å². The number of hydrogen-bond acceptors (Lipinski definition) is 3. The Morgan fingerprint density at radius 2 is 1.92 bits per heavy atom. The number of benzene rings is 1. The highest BCUT2D eigenvalue weighted by Crippen LogP contribution is 2.25. The van der Waals surface area contributed by atoms with Gasteiger partial charge in [-0.15, -0.1) is 0 Å². The van der Waals surface area contributed by atoms with Crippen LogP contribution < -0.4 is 15.4 Å². The van der Waals surface area contributed by atoms with E-state index in [1.54, 1.807) is 7.05 Å². The van der Waals surface area contributed by atoms with E-state index in [9.17, 15) is 0 Å². The maximum Gasteiger partial charge on any atom is 0.191 e. The molecule has 1 fully saturated rings. The minimum atomic E-state index is 0.167. The summed E-state index contributed by atoms with van der Waals surface area (Å²) in [5, 5.41) is 6.82. The van der Waals surface area contributed by atoms with Crippen LogP contribution in [0.3, 0.4) is 0 Å². The Kier molecular flexibility index (Phi) is 6.49. The van der Waals surface area contributed by atoms with Crippen LogP contribution in [0.5, 0.6) is 5.75 Å². The predicted molar refractivity (Wildman–Crippen MR) is 98.6 cm³/mol. The molecular formula is C19H31N3O2. The third kappa shape index (κ3) is 5.41. The van der Waals surface area contributed by atoms with Gasteiger partial charge in [0.1, 0.15) is 5.75 Å². The molecular weight excluding hydrogens is 302 g/mol. The maximum absolute atomic E-state index is 5.73. The molecule has 1 atom stereocenters. The van der Waals surface area contributed by atoms with Gasteiger partial charge in [0.25, 0.3) is 0 Å². The van der Waals surface area contributed by atoms with Gasteiger partial charge in [-0.25, -0.2) is 0 Å². The first-order valence-corrected chi connectivity index (χ1v) is 8.69. The first-order chi connectivity index (χ1) is 11.4. The van der Waals surface area contributed by atoms with Gasteiger partial charge in [-0.05, 0) is 30.5 Å². The van der Waals surface area contributed by atoms with Crippen LogP contribution in [0.1, 0.15) is 39.3 Å². The van der Waals surface area contributed by atoms with Crippen LogP contribution in [-0.4, -0.2) is 39.4 Å². The molecule has 1 heterocycles. The highest BCUT2D eigenvalue weighted by atomic mass is 16.5. The van der Waals surface area contributed by atoms with E-state index in [0.29, 0.717) is 5.92 Å². The SMILES string of the molecule is CN=C(NCC1(C)COC1)NC(C)c1ccc(OCC(C)C)cc1. The second kappa shape index (κ2) is 8.38. The van der Waals surface area contributed by atoms with E-state index in [0.717, 1.165) is 38.1 Å². The number of nitrogens with one attached hydrogen (secondary N) is 2. The van der Waals surface area contributed by atoms with Gasteiger partial charge in [-0.2, -0.15) is 0 Å². The fourth-order valence-electron chi connectivity index (χ4n) is 2.45. The van der Waals surface area contributed by atoms with Crippen molar-refractivity contribution in [2.24, 2.45) is 16.3 Å². The molecule has 1 saturated heterocycles. The minimum Gasteiger partial charge on any atom is -0.493 e. The van der Waals surface area contributed by atoms with Crippen LogP contribution in [0.4, 0.5) is 0 Å². The molecule has 0 spiro atoms. The molecule has 1 aliphatic heterocycles. The van der Waals surface area contributed by atoms with Crippen LogP contribution in [-0.2, 0) is 4.74 Å². The zero-order chi connectivity index (χ0) is 17.6. The lowest BCUT2D eigenvalue weighted by molar-refractivity contribution is -0.0971. The van der Waals surface area contributed by atoms with Crippen molar-refractivity contribution in [3.8, 4) is 5.75 Å². The third-order valence-corrected chi connectivity index (χ3v) is 4.12. The average Bonchev–Trinajstić information content (AvgIpc) is 2.55. The van der Waals surface area contributed by atoms with Gasteiger partial charge in [0.2, 0.25) is 0 Å². The van der Waals surface area contributed by atoms with Crippen LogP contribution in [0, 0.1) is 11.3 Å². The van der Waals surface area contributed by atoms with Gasteiger partial charge in [-0.1, -0.05) is 32.9 Å². The second-order valence-electron chi connectivity index (χ2n) is 7.37. The fourth-order valence-corrected chi connectivity index (χ4v) is 2.45. The van der Waals surface area contributed by atoms with Crippen molar-refractivity contribution < 1.29 is 9.47 Å². The summed E-state index contributed by atoms with van der Waals surface area (Å²) in [5.74, 6) is 2.26. The van der Waals surface area contributed by atoms with Crippen molar-refractivity contribution in [2.75, 3.05) is 33.4 Å². The molecule has 0 saturated carbocycles. The van der Waals surface area contributed by atoms with E-state index in [-0.39, 0.29) is 11.5 Å². The zero-order valence-corrected chi connectivity index (χ0v) is 15.6. The van der Waals surface area contributed by atoms with E-state index >= 15 is 0 Å². The van der Waals surface area contributed by atoms with Crippen molar-refractivity contribution in [3.05, 3.63) is 29.8 Å². The summed E-state index contributed by atoms with van der Waals surface area (Å²) in [7, 11) is 1.80. The summed E-state index contributed by atoms with van der Waals surface area (Å²) in [5.41, 5.74) is 1.42. The van der Waals surface area contributed by atoms with Gasteiger partial charge in [0, 0.05) is 19.0 Å². The number of rotatable bonds is 7. The number of aliphatic imine (C=N–C) groups is 1. The highest BCUT2D eigenvalue weighted by molar-refractivity contribution is 5.80. The summed E-state index contributed by atoms with van der Waals surface area (Å²) in [6.07, 6.45) is 0. The average molecular weight is 333 g/mol. The molecule has 0 bridgehead atoms. The van der Waals surface area contributed by atoms with Crippen LogP contribution in [0.2, 0.25) is 0 Å². The van der Waals surface area contributed by atoms with Crippen LogP contribution in [0.25, 0.3) is 0 Å².